The van der Waals surface area contributed by atoms with Gasteiger partial charge in [0.05, 0.1) is 7.11 Å². The van der Waals surface area contributed by atoms with Crippen LogP contribution >= 0.6 is 0 Å². The van der Waals surface area contributed by atoms with E-state index >= 15 is 0 Å². The predicted molar refractivity (Wildman–Crippen MR) is 71.0 cm³/mol. The number of ether oxygens (including phenoxy) is 1. The number of hydrogen-bond donors (Lipinski definition) is 2. The normalized spacial score (nSPS) is 15.7. The number of nitrogens with zero attached hydrogens (tertiary/aromatic N) is 3. The second-order valence-corrected chi connectivity index (χ2v) is 4.52. The fourth-order valence-electron chi connectivity index (χ4n) is 2.08. The standard InChI is InChI=1S/C12H21N5O/c1-3-8-13-10-15-11(17-12(16-10)18-2)14-9-6-4-5-7-9/h9H,3-8H2,1-2H3,(H2,13,14,15,16,17). The molecule has 1 fully saturated rings. The summed E-state index contributed by atoms with van der Waals surface area (Å²) in [4.78, 5) is 12.8. The predicted octanol–water partition coefficient (Wildman–Crippen LogP) is 2.06. The van der Waals surface area contributed by atoms with Crippen LogP contribution in [0.3, 0.4) is 0 Å². The third-order valence-electron chi connectivity index (χ3n) is 3.02. The van der Waals surface area contributed by atoms with Gasteiger partial charge in [0.25, 0.3) is 0 Å². The first-order valence-electron chi connectivity index (χ1n) is 6.62. The number of hydrogen-bond acceptors (Lipinski definition) is 6. The molecule has 1 aromatic rings. The van der Waals surface area contributed by atoms with Crippen molar-refractivity contribution in [1.29, 1.82) is 0 Å². The lowest BCUT2D eigenvalue weighted by atomic mass is 10.3. The van der Waals surface area contributed by atoms with Crippen molar-refractivity contribution in [3.05, 3.63) is 0 Å². The Morgan fingerprint density at radius 1 is 1.17 bits per heavy atom. The van der Waals surface area contributed by atoms with E-state index in [-0.39, 0.29) is 0 Å². The summed E-state index contributed by atoms with van der Waals surface area (Å²) >= 11 is 0. The molecule has 18 heavy (non-hydrogen) atoms. The highest BCUT2D eigenvalue weighted by atomic mass is 16.5. The second-order valence-electron chi connectivity index (χ2n) is 4.52. The lowest BCUT2D eigenvalue weighted by Gasteiger charge is -2.13. The molecule has 0 amide bonds. The minimum absolute atomic E-state index is 0.351. The molecule has 1 aliphatic rings. The first kappa shape index (κ1) is 12.9. The lowest BCUT2D eigenvalue weighted by Crippen LogP contribution is -2.18. The van der Waals surface area contributed by atoms with Gasteiger partial charge in [0.2, 0.25) is 11.9 Å². The largest absolute Gasteiger partial charge is 0.467 e. The summed E-state index contributed by atoms with van der Waals surface area (Å²) in [5.74, 6) is 1.18. The van der Waals surface area contributed by atoms with Gasteiger partial charge in [-0.1, -0.05) is 19.8 Å². The molecule has 6 nitrogen and oxygen atoms in total. The Morgan fingerprint density at radius 3 is 2.56 bits per heavy atom. The van der Waals surface area contributed by atoms with E-state index in [1.807, 2.05) is 0 Å². The van der Waals surface area contributed by atoms with Crippen LogP contribution in [0, 0.1) is 0 Å². The van der Waals surface area contributed by atoms with E-state index in [1.165, 1.54) is 25.7 Å². The highest BCUT2D eigenvalue weighted by Crippen LogP contribution is 2.21. The fraction of sp³-hybridized carbons (Fsp3) is 0.750. The monoisotopic (exact) mass is 251 g/mol. The fourth-order valence-corrected chi connectivity index (χ4v) is 2.08. The van der Waals surface area contributed by atoms with E-state index in [1.54, 1.807) is 7.11 Å². The lowest BCUT2D eigenvalue weighted by molar-refractivity contribution is 0.379. The molecule has 2 N–H and O–H groups in total. The number of rotatable bonds is 6. The average molecular weight is 251 g/mol. The van der Waals surface area contributed by atoms with Crippen molar-refractivity contribution in [3.8, 4) is 6.01 Å². The Kier molecular flexibility index (Phi) is 4.55. The highest BCUT2D eigenvalue weighted by Gasteiger charge is 2.16. The summed E-state index contributed by atoms with van der Waals surface area (Å²) < 4.78 is 5.10. The third kappa shape index (κ3) is 3.45. The van der Waals surface area contributed by atoms with Crippen LogP contribution in [0.2, 0.25) is 0 Å². The molecular weight excluding hydrogens is 230 g/mol. The maximum absolute atomic E-state index is 5.10. The van der Waals surface area contributed by atoms with E-state index in [0.29, 0.717) is 23.9 Å². The molecule has 1 aromatic heterocycles. The van der Waals surface area contributed by atoms with E-state index in [2.05, 4.69) is 32.5 Å². The zero-order valence-corrected chi connectivity index (χ0v) is 11.1. The molecule has 0 unspecified atom stereocenters. The first-order chi connectivity index (χ1) is 8.81. The Hall–Kier alpha value is -1.59. The molecule has 1 saturated carbocycles. The molecular formula is C12H21N5O. The average Bonchev–Trinajstić information content (AvgIpc) is 2.89. The van der Waals surface area contributed by atoms with Gasteiger partial charge >= 0.3 is 6.01 Å². The number of methoxy groups -OCH3 is 1. The van der Waals surface area contributed by atoms with Crippen molar-refractivity contribution in [2.45, 2.75) is 45.1 Å². The molecule has 2 rings (SSSR count). The van der Waals surface area contributed by atoms with Gasteiger partial charge in [0.1, 0.15) is 0 Å². The third-order valence-corrected chi connectivity index (χ3v) is 3.02. The quantitative estimate of drug-likeness (QED) is 0.806. The maximum Gasteiger partial charge on any atom is 0.322 e. The highest BCUT2D eigenvalue weighted by molar-refractivity contribution is 5.36. The number of aromatic nitrogens is 3. The zero-order valence-electron chi connectivity index (χ0n) is 11.1. The molecule has 0 saturated heterocycles. The van der Waals surface area contributed by atoms with Crippen molar-refractivity contribution in [3.63, 3.8) is 0 Å². The zero-order chi connectivity index (χ0) is 12.8. The molecule has 100 valence electrons. The Balaban J connectivity index is 2.06. The molecule has 6 heteroatoms. The minimum atomic E-state index is 0.351. The SMILES string of the molecule is CCCNc1nc(NC2CCCC2)nc(OC)n1. The van der Waals surface area contributed by atoms with Gasteiger partial charge in [0.15, 0.2) is 0 Å². The smallest absolute Gasteiger partial charge is 0.322 e. The van der Waals surface area contributed by atoms with Crippen molar-refractivity contribution in [2.75, 3.05) is 24.3 Å². The maximum atomic E-state index is 5.10. The topological polar surface area (TPSA) is 72.0 Å². The molecule has 0 bridgehead atoms. The first-order valence-corrected chi connectivity index (χ1v) is 6.62. The Bertz CT molecular complexity index is 379. The van der Waals surface area contributed by atoms with Crippen LogP contribution in [0.4, 0.5) is 11.9 Å². The van der Waals surface area contributed by atoms with E-state index in [4.69, 9.17) is 4.74 Å². The van der Waals surface area contributed by atoms with Crippen LogP contribution in [0.1, 0.15) is 39.0 Å². The van der Waals surface area contributed by atoms with Gasteiger partial charge in [-0.25, -0.2) is 0 Å². The van der Waals surface area contributed by atoms with E-state index < -0.39 is 0 Å². The van der Waals surface area contributed by atoms with Gasteiger partial charge in [-0.15, -0.1) is 0 Å². The summed E-state index contributed by atoms with van der Waals surface area (Å²) in [6.45, 7) is 2.94. The van der Waals surface area contributed by atoms with Crippen LogP contribution in [-0.4, -0.2) is 34.6 Å². The molecule has 0 aromatic carbocycles. The molecule has 1 aliphatic carbocycles. The van der Waals surface area contributed by atoms with Crippen LogP contribution < -0.4 is 15.4 Å². The minimum Gasteiger partial charge on any atom is -0.467 e. The summed E-state index contributed by atoms with van der Waals surface area (Å²) in [7, 11) is 1.57. The van der Waals surface area contributed by atoms with Crippen molar-refractivity contribution in [1.82, 2.24) is 15.0 Å². The Labute approximate surface area is 108 Å². The Morgan fingerprint density at radius 2 is 1.89 bits per heavy atom. The summed E-state index contributed by atoms with van der Waals surface area (Å²) in [5, 5.41) is 6.50. The van der Waals surface area contributed by atoms with Gasteiger partial charge in [-0.05, 0) is 19.3 Å². The molecule has 0 aliphatic heterocycles. The van der Waals surface area contributed by atoms with Crippen LogP contribution in [-0.2, 0) is 0 Å². The summed E-state index contributed by atoms with van der Waals surface area (Å²) in [6, 6.07) is 0.834. The van der Waals surface area contributed by atoms with E-state index in [0.717, 1.165) is 13.0 Å². The molecule has 0 radical (unpaired) electrons. The van der Waals surface area contributed by atoms with Gasteiger partial charge in [-0.3, -0.25) is 0 Å². The van der Waals surface area contributed by atoms with Gasteiger partial charge in [-0.2, -0.15) is 15.0 Å². The number of anilines is 2. The molecule has 0 spiro atoms. The van der Waals surface area contributed by atoms with E-state index in [9.17, 15) is 0 Å². The molecule has 1 heterocycles. The van der Waals surface area contributed by atoms with Crippen LogP contribution in [0.5, 0.6) is 6.01 Å². The van der Waals surface area contributed by atoms with Crippen LogP contribution in [0.15, 0.2) is 0 Å². The van der Waals surface area contributed by atoms with Crippen LogP contribution in [0.25, 0.3) is 0 Å². The number of nitrogens with one attached hydrogen (secondary N) is 2. The second kappa shape index (κ2) is 6.37. The van der Waals surface area contributed by atoms with Crippen molar-refractivity contribution in [2.24, 2.45) is 0 Å². The van der Waals surface area contributed by atoms with Crippen molar-refractivity contribution < 1.29 is 4.74 Å². The summed E-state index contributed by atoms with van der Waals surface area (Å²) in [5.41, 5.74) is 0. The van der Waals surface area contributed by atoms with Crippen molar-refractivity contribution >= 4 is 11.9 Å². The van der Waals surface area contributed by atoms with Gasteiger partial charge in [0, 0.05) is 12.6 Å². The molecule has 0 atom stereocenters. The van der Waals surface area contributed by atoms with Gasteiger partial charge < -0.3 is 15.4 Å². The summed E-state index contributed by atoms with van der Waals surface area (Å²) in [6.07, 6.45) is 5.96.